The molecular formula is C30H57NO11. The van der Waals surface area contributed by atoms with Gasteiger partial charge >= 0.3 is 0 Å². The average molecular weight is 608 g/mol. The van der Waals surface area contributed by atoms with E-state index in [0.29, 0.717) is 13.0 Å². The van der Waals surface area contributed by atoms with Crippen molar-refractivity contribution in [2.24, 2.45) is 0 Å². The highest BCUT2D eigenvalue weighted by Gasteiger charge is 2.51. The summed E-state index contributed by atoms with van der Waals surface area (Å²) in [5.41, 5.74) is 0. The number of carbonyl (C=O) groups excluding carboxylic acids is 1. The topological polar surface area (TPSA) is 190 Å². The van der Waals surface area contributed by atoms with Gasteiger partial charge in [-0.1, -0.05) is 90.4 Å². The lowest BCUT2D eigenvalue weighted by Crippen LogP contribution is -2.67. The van der Waals surface area contributed by atoms with Crippen LogP contribution in [-0.4, -0.2) is 128 Å². The van der Waals surface area contributed by atoms with Gasteiger partial charge in [-0.15, -0.1) is 0 Å². The summed E-state index contributed by atoms with van der Waals surface area (Å²) in [7, 11) is 0. The van der Waals surface area contributed by atoms with Crippen molar-refractivity contribution in [1.82, 2.24) is 4.90 Å². The third kappa shape index (κ3) is 11.2. The molecule has 2 aliphatic heterocycles. The molecule has 0 aliphatic carbocycles. The van der Waals surface area contributed by atoms with Crippen LogP contribution >= 0.6 is 0 Å². The minimum Gasteiger partial charge on any atom is -0.394 e. The van der Waals surface area contributed by atoms with Gasteiger partial charge in [-0.2, -0.15) is 0 Å². The molecule has 0 aromatic heterocycles. The van der Waals surface area contributed by atoms with Crippen LogP contribution in [0.5, 0.6) is 0 Å². The lowest BCUT2D eigenvalue weighted by Gasteiger charge is -2.48. The smallest absolute Gasteiger partial charge is 0.221 e. The second-order valence-electron chi connectivity index (χ2n) is 11.8. The van der Waals surface area contributed by atoms with Crippen LogP contribution in [0.2, 0.25) is 0 Å². The molecule has 0 saturated carbocycles. The summed E-state index contributed by atoms with van der Waals surface area (Å²) in [6.45, 7) is 2.57. The standard InChI is InChI=1S/C30H57NO11/c1-3-4-5-6-7-8-9-10-11-12-13-14-15-16-17-31(20(2)34)29-26(38)25(37)28(22(19-33)40-29)42-30-27(39)24(36)23(35)21(18-32)41-30/h21-30,32-33,35-39H,3-19H2,1-2H3/t21-,22-,23+,24+,25-,26-,27-,28-,29+,30+/m1/s1. The SMILES string of the molecule is CCCCCCCCCCCCCCCCN(C(C)=O)[C@H]1O[C@H](CO)[C@@H](O[C@@H]2O[C@H](CO)[C@H](O)[C@H](O)[C@H]2O)[C@H](O)[C@H]1O. The second-order valence-corrected chi connectivity index (χ2v) is 11.8. The minimum atomic E-state index is -1.74. The summed E-state index contributed by atoms with van der Waals surface area (Å²) in [4.78, 5) is 13.8. The molecule has 2 rings (SSSR count). The summed E-state index contributed by atoms with van der Waals surface area (Å²) in [6, 6.07) is 0. The first-order chi connectivity index (χ1) is 20.2. The number of amides is 1. The second kappa shape index (κ2) is 20.2. The Hall–Kier alpha value is -0.930. The molecule has 248 valence electrons. The fourth-order valence-corrected chi connectivity index (χ4v) is 5.77. The normalized spacial score (nSPS) is 33.5. The van der Waals surface area contributed by atoms with Gasteiger partial charge in [0.05, 0.1) is 13.2 Å². The zero-order chi connectivity index (χ0) is 31.1. The number of hydrogen-bond acceptors (Lipinski definition) is 11. The Balaban J connectivity index is 1.78. The third-order valence-corrected chi connectivity index (χ3v) is 8.44. The largest absolute Gasteiger partial charge is 0.394 e. The van der Waals surface area contributed by atoms with E-state index in [-0.39, 0.29) is 5.91 Å². The van der Waals surface area contributed by atoms with Crippen LogP contribution in [0.25, 0.3) is 0 Å². The van der Waals surface area contributed by atoms with Crippen molar-refractivity contribution in [3.8, 4) is 0 Å². The van der Waals surface area contributed by atoms with E-state index in [2.05, 4.69) is 6.92 Å². The molecule has 0 radical (unpaired) electrons. The van der Waals surface area contributed by atoms with E-state index in [0.717, 1.165) is 19.3 Å². The molecule has 2 heterocycles. The van der Waals surface area contributed by atoms with Gasteiger partial charge < -0.3 is 54.9 Å². The maximum absolute atomic E-state index is 12.5. The van der Waals surface area contributed by atoms with Gasteiger partial charge in [0.1, 0.15) is 48.8 Å². The predicted octanol–water partition coefficient (Wildman–Crippen LogP) is 0.940. The van der Waals surface area contributed by atoms with Crippen LogP contribution in [0.3, 0.4) is 0 Å². The van der Waals surface area contributed by atoms with E-state index in [9.17, 15) is 40.5 Å². The maximum Gasteiger partial charge on any atom is 0.221 e. The van der Waals surface area contributed by atoms with Crippen molar-refractivity contribution in [2.45, 2.75) is 165 Å². The Morgan fingerprint density at radius 2 is 1.14 bits per heavy atom. The van der Waals surface area contributed by atoms with Crippen LogP contribution in [-0.2, 0) is 19.0 Å². The molecule has 0 aromatic carbocycles. The molecule has 0 unspecified atom stereocenters. The maximum atomic E-state index is 12.5. The fourth-order valence-electron chi connectivity index (χ4n) is 5.77. The van der Waals surface area contributed by atoms with E-state index in [1.165, 1.54) is 76.0 Å². The highest BCUT2D eigenvalue weighted by atomic mass is 16.7. The quantitative estimate of drug-likeness (QED) is 0.0976. The molecule has 1 amide bonds. The van der Waals surface area contributed by atoms with Crippen LogP contribution in [0.1, 0.15) is 104 Å². The molecule has 2 saturated heterocycles. The van der Waals surface area contributed by atoms with E-state index < -0.39 is 74.6 Å². The van der Waals surface area contributed by atoms with Gasteiger partial charge in [-0.25, -0.2) is 0 Å². The highest BCUT2D eigenvalue weighted by Crippen LogP contribution is 2.30. The van der Waals surface area contributed by atoms with Crippen molar-refractivity contribution >= 4 is 5.91 Å². The van der Waals surface area contributed by atoms with Gasteiger partial charge in [0.15, 0.2) is 12.5 Å². The number of unbranched alkanes of at least 4 members (excludes halogenated alkanes) is 13. The van der Waals surface area contributed by atoms with Crippen LogP contribution in [0.4, 0.5) is 0 Å². The first-order valence-corrected chi connectivity index (χ1v) is 16.0. The Morgan fingerprint density at radius 1 is 0.643 bits per heavy atom. The van der Waals surface area contributed by atoms with Crippen molar-refractivity contribution in [3.05, 3.63) is 0 Å². The minimum absolute atomic E-state index is 0.304. The summed E-state index contributed by atoms with van der Waals surface area (Å²) >= 11 is 0. The lowest BCUT2D eigenvalue weighted by molar-refractivity contribution is -0.347. The third-order valence-electron chi connectivity index (χ3n) is 8.44. The van der Waals surface area contributed by atoms with E-state index >= 15 is 0 Å². The van der Waals surface area contributed by atoms with Gasteiger partial charge in [-0.3, -0.25) is 4.79 Å². The summed E-state index contributed by atoms with van der Waals surface area (Å²) in [6.07, 6.45) is 1.80. The molecular weight excluding hydrogens is 550 g/mol. The molecule has 2 aliphatic rings. The number of carbonyl (C=O) groups is 1. The molecule has 12 nitrogen and oxygen atoms in total. The number of aliphatic hydroxyl groups is 7. The Bertz CT molecular complexity index is 727. The van der Waals surface area contributed by atoms with Gasteiger partial charge in [0.25, 0.3) is 0 Å². The van der Waals surface area contributed by atoms with Crippen LogP contribution < -0.4 is 0 Å². The lowest BCUT2D eigenvalue weighted by atomic mass is 9.96. The first-order valence-electron chi connectivity index (χ1n) is 16.0. The molecule has 7 N–H and O–H groups in total. The summed E-state index contributed by atoms with van der Waals surface area (Å²) in [5, 5.41) is 71.4. The molecule has 10 atom stereocenters. The highest BCUT2D eigenvalue weighted by molar-refractivity contribution is 5.73. The molecule has 0 bridgehead atoms. The van der Waals surface area contributed by atoms with E-state index in [1.54, 1.807) is 0 Å². The van der Waals surface area contributed by atoms with Crippen LogP contribution in [0.15, 0.2) is 0 Å². The van der Waals surface area contributed by atoms with Gasteiger partial charge in [0.2, 0.25) is 5.91 Å². The summed E-state index contributed by atoms with van der Waals surface area (Å²) in [5.74, 6) is -0.356. The number of ether oxygens (including phenoxy) is 3. The molecule has 0 spiro atoms. The number of nitrogens with zero attached hydrogens (tertiary/aromatic N) is 1. The molecule has 0 aromatic rings. The average Bonchev–Trinajstić information content (AvgIpc) is 2.98. The first kappa shape index (κ1) is 37.3. The monoisotopic (exact) mass is 607 g/mol. The number of rotatable bonds is 20. The van der Waals surface area contributed by atoms with Crippen molar-refractivity contribution < 1.29 is 54.8 Å². The zero-order valence-corrected chi connectivity index (χ0v) is 25.5. The van der Waals surface area contributed by atoms with Crippen LogP contribution in [0, 0.1) is 0 Å². The van der Waals surface area contributed by atoms with Gasteiger partial charge in [0, 0.05) is 13.5 Å². The van der Waals surface area contributed by atoms with Crippen molar-refractivity contribution in [3.63, 3.8) is 0 Å². The summed E-state index contributed by atoms with van der Waals surface area (Å²) < 4.78 is 16.8. The Labute approximate surface area is 250 Å². The van der Waals surface area contributed by atoms with Gasteiger partial charge in [-0.05, 0) is 6.42 Å². The predicted molar refractivity (Wildman–Crippen MR) is 154 cm³/mol. The number of aliphatic hydroxyl groups excluding tert-OH is 7. The van der Waals surface area contributed by atoms with E-state index in [1.807, 2.05) is 0 Å². The molecule has 12 heteroatoms. The van der Waals surface area contributed by atoms with Crippen molar-refractivity contribution in [2.75, 3.05) is 19.8 Å². The zero-order valence-electron chi connectivity index (χ0n) is 25.5. The van der Waals surface area contributed by atoms with E-state index in [4.69, 9.17) is 14.2 Å². The number of hydrogen-bond donors (Lipinski definition) is 7. The Kier molecular flexibility index (Phi) is 17.9. The van der Waals surface area contributed by atoms with Crippen molar-refractivity contribution in [1.29, 1.82) is 0 Å². The fraction of sp³-hybridized carbons (Fsp3) is 0.967. The Morgan fingerprint density at radius 3 is 1.62 bits per heavy atom. The molecule has 42 heavy (non-hydrogen) atoms. The molecule has 2 fully saturated rings.